The highest BCUT2D eigenvalue weighted by Gasteiger charge is 2.27. The third-order valence-electron chi connectivity index (χ3n) is 2.28. The maximum Gasteiger partial charge on any atom is 0.140 e. The first-order valence-corrected chi connectivity index (χ1v) is 4.31. The van der Waals surface area contributed by atoms with Crippen LogP contribution in [0.15, 0.2) is 12.2 Å². The lowest BCUT2D eigenvalue weighted by Crippen LogP contribution is -2.10. The molecule has 62 valence electrons. The van der Waals surface area contributed by atoms with Gasteiger partial charge in [-0.05, 0) is 18.8 Å². The molecule has 1 fully saturated rings. The molecule has 1 rings (SSSR count). The highest BCUT2D eigenvalue weighted by molar-refractivity contribution is 5.86. The molecule has 1 nitrogen and oxygen atoms in total. The Morgan fingerprint density at radius 1 is 1.55 bits per heavy atom. The smallest absolute Gasteiger partial charge is 0.140 e. The molecular weight excluding hydrogens is 136 g/mol. The highest BCUT2D eigenvalue weighted by atomic mass is 16.1. The van der Waals surface area contributed by atoms with Crippen LogP contribution in [0.25, 0.3) is 0 Å². The summed E-state index contributed by atoms with van der Waals surface area (Å²) in [5, 5.41) is 0. The van der Waals surface area contributed by atoms with E-state index in [9.17, 15) is 4.79 Å². The van der Waals surface area contributed by atoms with E-state index in [0.717, 1.165) is 24.8 Å². The number of hydrogen-bond donors (Lipinski definition) is 0. The molecule has 1 heteroatoms. The van der Waals surface area contributed by atoms with Crippen molar-refractivity contribution in [3.63, 3.8) is 0 Å². The lowest BCUT2D eigenvalue weighted by atomic mass is 9.93. The number of ketones is 1. The summed E-state index contributed by atoms with van der Waals surface area (Å²) >= 11 is 0. The van der Waals surface area contributed by atoms with Gasteiger partial charge < -0.3 is 0 Å². The van der Waals surface area contributed by atoms with Crippen LogP contribution in [-0.4, -0.2) is 5.78 Å². The molecule has 1 atom stereocenters. The van der Waals surface area contributed by atoms with Crippen molar-refractivity contribution in [2.45, 2.75) is 33.1 Å². The van der Waals surface area contributed by atoms with E-state index in [1.54, 1.807) is 0 Å². The van der Waals surface area contributed by atoms with E-state index in [2.05, 4.69) is 20.4 Å². The molecule has 0 heterocycles. The van der Waals surface area contributed by atoms with Gasteiger partial charge in [0.25, 0.3) is 0 Å². The van der Waals surface area contributed by atoms with Gasteiger partial charge in [0, 0.05) is 12.3 Å². The molecule has 0 radical (unpaired) electrons. The van der Waals surface area contributed by atoms with Gasteiger partial charge >= 0.3 is 0 Å². The summed E-state index contributed by atoms with van der Waals surface area (Å²) in [6.07, 6.45) is 2.66. The van der Waals surface area contributed by atoms with E-state index in [-0.39, 0.29) is 5.92 Å². The summed E-state index contributed by atoms with van der Waals surface area (Å²) < 4.78 is 0. The zero-order valence-electron chi connectivity index (χ0n) is 7.39. The van der Waals surface area contributed by atoms with Crippen LogP contribution in [0.1, 0.15) is 33.1 Å². The summed E-state index contributed by atoms with van der Waals surface area (Å²) in [7, 11) is 0. The van der Waals surface area contributed by atoms with Crippen LogP contribution in [0.5, 0.6) is 0 Å². The molecule has 1 unspecified atom stereocenters. The Morgan fingerprint density at radius 2 is 2.18 bits per heavy atom. The Kier molecular flexibility index (Phi) is 2.48. The molecule has 0 saturated heterocycles. The van der Waals surface area contributed by atoms with Gasteiger partial charge in [-0.1, -0.05) is 26.0 Å². The van der Waals surface area contributed by atoms with Gasteiger partial charge in [-0.3, -0.25) is 4.79 Å². The monoisotopic (exact) mass is 152 g/mol. The third-order valence-corrected chi connectivity index (χ3v) is 2.28. The average molecular weight is 152 g/mol. The van der Waals surface area contributed by atoms with E-state index >= 15 is 0 Å². The molecule has 0 bridgehead atoms. The van der Waals surface area contributed by atoms with Crippen molar-refractivity contribution in [1.29, 1.82) is 0 Å². The Hall–Kier alpha value is -0.590. The summed E-state index contributed by atoms with van der Waals surface area (Å²) in [6.45, 7) is 8.22. The molecule has 0 N–H and O–H groups in total. The molecule has 1 aliphatic carbocycles. The molecule has 0 aromatic rings. The first-order valence-electron chi connectivity index (χ1n) is 4.31. The van der Waals surface area contributed by atoms with Crippen LogP contribution in [0.2, 0.25) is 0 Å². The Balaban J connectivity index is 2.55. The summed E-state index contributed by atoms with van der Waals surface area (Å²) in [4.78, 5) is 11.3. The lowest BCUT2D eigenvalue weighted by molar-refractivity contribution is -0.120. The number of carbonyl (C=O) groups is 1. The fourth-order valence-electron chi connectivity index (χ4n) is 1.63. The molecule has 0 spiro atoms. The van der Waals surface area contributed by atoms with E-state index in [0.29, 0.717) is 11.7 Å². The van der Waals surface area contributed by atoms with Crippen molar-refractivity contribution in [1.82, 2.24) is 0 Å². The number of carbonyl (C=O) groups excluding carboxylic acids is 1. The maximum atomic E-state index is 11.3. The Labute approximate surface area is 68.5 Å². The zero-order valence-corrected chi connectivity index (χ0v) is 7.39. The van der Waals surface area contributed by atoms with E-state index < -0.39 is 0 Å². The predicted molar refractivity (Wildman–Crippen MR) is 46.3 cm³/mol. The average Bonchev–Trinajstić information content (AvgIpc) is 2.18. The van der Waals surface area contributed by atoms with Gasteiger partial charge in [0.2, 0.25) is 0 Å². The summed E-state index contributed by atoms with van der Waals surface area (Å²) in [6, 6.07) is 0. The van der Waals surface area contributed by atoms with Gasteiger partial charge in [-0.15, -0.1) is 0 Å². The quantitative estimate of drug-likeness (QED) is 0.556. The molecule has 0 aliphatic heterocycles. The minimum atomic E-state index is 0.190. The number of allylic oxidation sites excluding steroid dienone is 1. The van der Waals surface area contributed by atoms with Gasteiger partial charge in [0.15, 0.2) is 0 Å². The molecular formula is C10H16O. The van der Waals surface area contributed by atoms with E-state index in [1.165, 1.54) is 0 Å². The zero-order chi connectivity index (χ0) is 8.43. The van der Waals surface area contributed by atoms with Crippen LogP contribution in [0, 0.1) is 11.8 Å². The second-order valence-corrected chi connectivity index (χ2v) is 3.81. The Morgan fingerprint density at radius 3 is 2.55 bits per heavy atom. The molecule has 1 aliphatic rings. The van der Waals surface area contributed by atoms with Gasteiger partial charge in [-0.2, -0.15) is 0 Å². The largest absolute Gasteiger partial charge is 0.299 e. The van der Waals surface area contributed by atoms with Crippen molar-refractivity contribution in [3.8, 4) is 0 Å². The topological polar surface area (TPSA) is 17.1 Å². The van der Waals surface area contributed by atoms with Crippen LogP contribution in [0.3, 0.4) is 0 Å². The van der Waals surface area contributed by atoms with Gasteiger partial charge in [0.05, 0.1) is 0 Å². The fourth-order valence-corrected chi connectivity index (χ4v) is 1.63. The lowest BCUT2D eigenvalue weighted by Gasteiger charge is -2.11. The van der Waals surface area contributed by atoms with Crippen molar-refractivity contribution >= 4 is 5.78 Å². The van der Waals surface area contributed by atoms with Crippen molar-refractivity contribution in [2.75, 3.05) is 0 Å². The van der Waals surface area contributed by atoms with Crippen molar-refractivity contribution in [3.05, 3.63) is 12.2 Å². The SMILES string of the molecule is C=C1CCC(=O)C1CC(C)C. The second-order valence-electron chi connectivity index (χ2n) is 3.81. The number of hydrogen-bond acceptors (Lipinski definition) is 1. The molecule has 0 aromatic carbocycles. The van der Waals surface area contributed by atoms with E-state index in [4.69, 9.17) is 0 Å². The first-order chi connectivity index (χ1) is 5.11. The maximum absolute atomic E-state index is 11.3. The third kappa shape index (κ3) is 1.92. The van der Waals surface area contributed by atoms with Crippen LogP contribution in [0.4, 0.5) is 0 Å². The van der Waals surface area contributed by atoms with Gasteiger partial charge in [0.1, 0.15) is 5.78 Å². The molecule has 11 heavy (non-hydrogen) atoms. The minimum absolute atomic E-state index is 0.190. The Bertz CT molecular complexity index is 163. The second kappa shape index (κ2) is 3.21. The predicted octanol–water partition coefficient (Wildman–Crippen LogP) is 2.57. The summed E-state index contributed by atoms with van der Waals surface area (Å²) in [5.74, 6) is 1.21. The molecule has 0 amide bonds. The minimum Gasteiger partial charge on any atom is -0.299 e. The van der Waals surface area contributed by atoms with Crippen LogP contribution >= 0.6 is 0 Å². The number of Topliss-reactive ketones (excluding diaryl/α,β-unsaturated/α-hetero) is 1. The fraction of sp³-hybridized carbons (Fsp3) is 0.700. The molecule has 1 saturated carbocycles. The normalized spacial score (nSPS) is 25.2. The molecule has 0 aromatic heterocycles. The summed E-state index contributed by atoms with van der Waals surface area (Å²) in [5.41, 5.74) is 1.16. The van der Waals surface area contributed by atoms with Crippen molar-refractivity contribution in [2.24, 2.45) is 11.8 Å². The first kappa shape index (κ1) is 8.51. The van der Waals surface area contributed by atoms with E-state index in [1.807, 2.05) is 0 Å². The van der Waals surface area contributed by atoms with Crippen LogP contribution in [-0.2, 0) is 4.79 Å². The highest BCUT2D eigenvalue weighted by Crippen LogP contribution is 2.31. The van der Waals surface area contributed by atoms with Crippen LogP contribution < -0.4 is 0 Å². The standard InChI is InChI=1S/C10H16O/c1-7(2)6-9-8(3)4-5-10(9)11/h7,9H,3-6H2,1-2H3. The van der Waals surface area contributed by atoms with Gasteiger partial charge in [-0.25, -0.2) is 0 Å². The number of rotatable bonds is 2. The van der Waals surface area contributed by atoms with Crippen molar-refractivity contribution < 1.29 is 4.79 Å².